The van der Waals surface area contributed by atoms with E-state index < -0.39 is 0 Å². The molecule has 3 N–H and O–H groups in total. The zero-order chi connectivity index (χ0) is 13.2. The number of nitrogens with two attached hydrogens (primary N) is 1. The highest BCUT2D eigenvalue weighted by molar-refractivity contribution is 6.31. The van der Waals surface area contributed by atoms with Crippen LogP contribution in [0.3, 0.4) is 0 Å². The van der Waals surface area contributed by atoms with Crippen LogP contribution in [-0.2, 0) is 0 Å². The predicted octanol–water partition coefficient (Wildman–Crippen LogP) is 3.44. The summed E-state index contributed by atoms with van der Waals surface area (Å²) in [5.41, 5.74) is 8.18. The first kappa shape index (κ1) is 12.0. The Hall–Kier alpha value is -2.07. The average Bonchev–Trinajstić information content (AvgIpc) is 2.43. The lowest BCUT2D eigenvalue weighted by Crippen LogP contribution is -2.15. The van der Waals surface area contributed by atoms with Gasteiger partial charge in [-0.2, -0.15) is 0 Å². The maximum Gasteiger partial charge on any atom is 0.163 e. The van der Waals surface area contributed by atoms with Gasteiger partial charge < -0.3 is 20.5 Å². The highest BCUT2D eigenvalue weighted by Gasteiger charge is 2.12. The van der Waals surface area contributed by atoms with Crippen LogP contribution < -0.4 is 20.5 Å². The van der Waals surface area contributed by atoms with E-state index in [9.17, 15) is 0 Å². The molecule has 0 radical (unpaired) electrons. The molecule has 0 saturated heterocycles. The summed E-state index contributed by atoms with van der Waals surface area (Å²) in [5, 5.41) is 3.85. The van der Waals surface area contributed by atoms with Crippen LogP contribution in [0.4, 0.5) is 17.1 Å². The molecule has 3 rings (SSSR count). The SMILES string of the molecule is Nc1ccc(Cl)cc1Nc1ccc2c(c1)OCCO2. The van der Waals surface area contributed by atoms with Crippen molar-refractivity contribution in [3.8, 4) is 11.5 Å². The van der Waals surface area contributed by atoms with E-state index in [0.29, 0.717) is 23.9 Å². The first-order valence-corrected chi connectivity index (χ1v) is 6.32. The van der Waals surface area contributed by atoms with E-state index in [1.165, 1.54) is 0 Å². The quantitative estimate of drug-likeness (QED) is 0.825. The van der Waals surface area contributed by atoms with Gasteiger partial charge in [-0.3, -0.25) is 0 Å². The zero-order valence-corrected chi connectivity index (χ0v) is 10.9. The van der Waals surface area contributed by atoms with Crippen molar-refractivity contribution in [2.24, 2.45) is 0 Å². The fraction of sp³-hybridized carbons (Fsp3) is 0.143. The number of nitrogen functional groups attached to an aromatic ring is 1. The van der Waals surface area contributed by atoms with Crippen LogP contribution in [0, 0.1) is 0 Å². The molecule has 1 aliphatic heterocycles. The molecule has 19 heavy (non-hydrogen) atoms. The first-order chi connectivity index (χ1) is 9.22. The van der Waals surface area contributed by atoms with E-state index in [1.54, 1.807) is 18.2 Å². The summed E-state index contributed by atoms with van der Waals surface area (Å²) in [5.74, 6) is 1.49. The van der Waals surface area contributed by atoms with Crippen LogP contribution in [-0.4, -0.2) is 13.2 Å². The lowest BCUT2D eigenvalue weighted by Gasteiger charge is -2.19. The highest BCUT2D eigenvalue weighted by atomic mass is 35.5. The van der Waals surface area contributed by atoms with Gasteiger partial charge in [-0.1, -0.05) is 11.6 Å². The van der Waals surface area contributed by atoms with Gasteiger partial charge in [0.05, 0.1) is 11.4 Å². The lowest BCUT2D eigenvalue weighted by molar-refractivity contribution is 0.171. The van der Waals surface area contributed by atoms with Gasteiger partial charge in [-0.25, -0.2) is 0 Å². The topological polar surface area (TPSA) is 56.5 Å². The smallest absolute Gasteiger partial charge is 0.163 e. The second-order valence-electron chi connectivity index (χ2n) is 4.22. The van der Waals surface area contributed by atoms with Crippen molar-refractivity contribution < 1.29 is 9.47 Å². The van der Waals surface area contributed by atoms with Crippen molar-refractivity contribution >= 4 is 28.7 Å². The van der Waals surface area contributed by atoms with Crippen LogP contribution in [0.2, 0.25) is 5.02 Å². The van der Waals surface area contributed by atoms with E-state index in [1.807, 2.05) is 18.2 Å². The third-order valence-electron chi connectivity index (χ3n) is 2.84. The molecule has 5 heteroatoms. The maximum atomic E-state index is 5.96. The van der Waals surface area contributed by atoms with Crippen molar-refractivity contribution in [1.82, 2.24) is 0 Å². The van der Waals surface area contributed by atoms with Gasteiger partial charge in [0.1, 0.15) is 13.2 Å². The van der Waals surface area contributed by atoms with Gasteiger partial charge in [0.2, 0.25) is 0 Å². The Bertz CT molecular complexity index is 616. The lowest BCUT2D eigenvalue weighted by atomic mass is 10.2. The van der Waals surface area contributed by atoms with Crippen molar-refractivity contribution in [1.29, 1.82) is 0 Å². The minimum Gasteiger partial charge on any atom is -0.486 e. The van der Waals surface area contributed by atoms with Crippen LogP contribution in [0.15, 0.2) is 36.4 Å². The molecule has 0 aliphatic carbocycles. The third-order valence-corrected chi connectivity index (χ3v) is 3.07. The zero-order valence-electron chi connectivity index (χ0n) is 10.2. The molecule has 0 saturated carbocycles. The fourth-order valence-electron chi connectivity index (χ4n) is 1.91. The summed E-state index contributed by atoms with van der Waals surface area (Å²) >= 11 is 5.96. The van der Waals surface area contributed by atoms with Crippen molar-refractivity contribution in [2.75, 3.05) is 24.3 Å². The number of nitrogens with one attached hydrogen (secondary N) is 1. The van der Waals surface area contributed by atoms with Crippen LogP contribution in [0.5, 0.6) is 11.5 Å². The molecule has 0 unspecified atom stereocenters. The van der Waals surface area contributed by atoms with E-state index >= 15 is 0 Å². The Kier molecular flexibility index (Phi) is 3.09. The van der Waals surface area contributed by atoms with E-state index in [4.69, 9.17) is 26.8 Å². The minimum atomic E-state index is 0.565. The number of benzene rings is 2. The molecule has 1 aliphatic rings. The molecule has 0 amide bonds. The van der Waals surface area contributed by atoms with Crippen LogP contribution in [0.1, 0.15) is 0 Å². The molecular weight excluding hydrogens is 264 g/mol. The summed E-state index contributed by atoms with van der Waals surface area (Å²) in [7, 11) is 0. The third kappa shape index (κ3) is 2.53. The Morgan fingerprint density at radius 3 is 2.63 bits per heavy atom. The number of rotatable bonds is 2. The van der Waals surface area contributed by atoms with Crippen molar-refractivity contribution in [2.45, 2.75) is 0 Å². The van der Waals surface area contributed by atoms with E-state index in [0.717, 1.165) is 22.9 Å². The van der Waals surface area contributed by atoms with Crippen molar-refractivity contribution in [3.63, 3.8) is 0 Å². The summed E-state index contributed by atoms with van der Waals surface area (Å²) < 4.78 is 11.0. The normalized spacial score (nSPS) is 13.1. The summed E-state index contributed by atoms with van der Waals surface area (Å²) in [6.45, 7) is 1.15. The van der Waals surface area contributed by atoms with Gasteiger partial charge in [-0.15, -0.1) is 0 Å². The number of fused-ring (bicyclic) bond motifs is 1. The second-order valence-corrected chi connectivity index (χ2v) is 4.65. The molecule has 0 aromatic heterocycles. The van der Waals surface area contributed by atoms with Gasteiger partial charge >= 0.3 is 0 Å². The predicted molar refractivity (Wildman–Crippen MR) is 76.6 cm³/mol. The molecule has 2 aromatic rings. The van der Waals surface area contributed by atoms with Gasteiger partial charge in [0.25, 0.3) is 0 Å². The molecule has 1 heterocycles. The standard InChI is InChI=1S/C14H13ClN2O2/c15-9-1-3-11(16)12(7-9)17-10-2-4-13-14(8-10)19-6-5-18-13/h1-4,7-8,17H,5-6,16H2. The van der Waals surface area contributed by atoms with Gasteiger partial charge in [-0.05, 0) is 30.3 Å². The maximum absolute atomic E-state index is 5.96. The van der Waals surface area contributed by atoms with Crippen molar-refractivity contribution in [3.05, 3.63) is 41.4 Å². The average molecular weight is 277 g/mol. The second kappa shape index (κ2) is 4.90. The largest absolute Gasteiger partial charge is 0.486 e. The molecular formula is C14H13ClN2O2. The summed E-state index contributed by atoms with van der Waals surface area (Å²) in [6.07, 6.45) is 0. The van der Waals surface area contributed by atoms with Gasteiger partial charge in [0, 0.05) is 16.8 Å². The molecule has 98 valence electrons. The Labute approximate surface area is 116 Å². The van der Waals surface area contributed by atoms with Crippen LogP contribution >= 0.6 is 11.6 Å². The minimum absolute atomic E-state index is 0.565. The Balaban J connectivity index is 1.89. The molecule has 4 nitrogen and oxygen atoms in total. The van der Waals surface area contributed by atoms with Gasteiger partial charge in [0.15, 0.2) is 11.5 Å². The summed E-state index contributed by atoms with van der Waals surface area (Å²) in [6, 6.07) is 11.0. The molecule has 0 bridgehead atoms. The molecule has 0 spiro atoms. The Morgan fingerprint density at radius 2 is 1.79 bits per heavy atom. The molecule has 2 aromatic carbocycles. The molecule has 0 fully saturated rings. The van der Waals surface area contributed by atoms with Crippen LogP contribution in [0.25, 0.3) is 0 Å². The van der Waals surface area contributed by atoms with E-state index in [-0.39, 0.29) is 0 Å². The Morgan fingerprint density at radius 1 is 1.00 bits per heavy atom. The number of hydrogen-bond acceptors (Lipinski definition) is 4. The van der Waals surface area contributed by atoms with E-state index in [2.05, 4.69) is 5.32 Å². The number of halogens is 1. The fourth-order valence-corrected chi connectivity index (χ4v) is 2.09. The number of anilines is 3. The number of hydrogen-bond donors (Lipinski definition) is 2. The number of ether oxygens (including phenoxy) is 2. The first-order valence-electron chi connectivity index (χ1n) is 5.94. The monoisotopic (exact) mass is 276 g/mol. The molecule has 0 atom stereocenters. The summed E-state index contributed by atoms with van der Waals surface area (Å²) in [4.78, 5) is 0. The highest BCUT2D eigenvalue weighted by Crippen LogP contribution is 2.34.